The fraction of sp³-hybridized carbons (Fsp3) is 1.00. The Kier molecular flexibility index (Phi) is 8.62. The zero-order valence-corrected chi connectivity index (χ0v) is 12.4. The van der Waals surface area contributed by atoms with E-state index in [1.54, 1.807) is 0 Å². The van der Waals surface area contributed by atoms with Gasteiger partial charge in [0.05, 0.1) is 19.3 Å². The van der Waals surface area contributed by atoms with E-state index in [1.165, 1.54) is 32.1 Å². The third-order valence-electron chi connectivity index (χ3n) is 3.82. The summed E-state index contributed by atoms with van der Waals surface area (Å²) in [5, 5.41) is 22.1. The lowest BCUT2D eigenvalue weighted by atomic mass is 10.1. The lowest BCUT2D eigenvalue weighted by Gasteiger charge is -2.17. The summed E-state index contributed by atoms with van der Waals surface area (Å²) in [7, 11) is 0. The minimum Gasteiger partial charge on any atom is -0.394 e. The maximum absolute atomic E-state index is 9.74. The molecule has 1 rings (SSSR count). The fourth-order valence-electron chi connectivity index (χ4n) is 2.14. The number of β-amino-alcohol motifs (C(OH)–C–C–N with tert-alkyl or cyclic N) is 1. The molecule has 0 aromatic carbocycles. The maximum atomic E-state index is 9.74. The third-order valence-corrected chi connectivity index (χ3v) is 3.82. The van der Waals surface area contributed by atoms with Gasteiger partial charge < -0.3 is 20.3 Å². The first-order valence-corrected chi connectivity index (χ1v) is 7.84. The first-order valence-electron chi connectivity index (χ1n) is 7.84. The normalized spacial score (nSPS) is 18.5. The third kappa shape index (κ3) is 7.88. The Balaban J connectivity index is 1.83. The van der Waals surface area contributed by atoms with Crippen LogP contribution < -0.4 is 5.32 Å². The quantitative estimate of drug-likeness (QED) is 0.448. The van der Waals surface area contributed by atoms with Crippen LogP contribution >= 0.6 is 0 Å². The Hall–Kier alpha value is -0.160. The highest BCUT2D eigenvalue weighted by Gasteiger charge is 2.41. The topological polar surface area (TPSA) is 61.7 Å². The average molecular weight is 273 g/mol. The number of ether oxygens (including phenoxy) is 1. The first-order chi connectivity index (χ1) is 9.22. The number of hydrogen-bond donors (Lipinski definition) is 3. The molecule has 0 spiro atoms. The van der Waals surface area contributed by atoms with Gasteiger partial charge in [-0.25, -0.2) is 0 Å². The van der Waals surface area contributed by atoms with Crippen LogP contribution in [0.1, 0.15) is 58.3 Å². The summed E-state index contributed by atoms with van der Waals surface area (Å²) < 4.78 is 5.47. The second kappa shape index (κ2) is 9.70. The number of rotatable bonds is 13. The molecule has 0 aromatic heterocycles. The summed E-state index contributed by atoms with van der Waals surface area (Å²) in [6.07, 6.45) is 9.09. The minimum absolute atomic E-state index is 0.0970. The number of aliphatic hydroxyl groups excluding tert-OH is 2. The van der Waals surface area contributed by atoms with Crippen LogP contribution in [0.5, 0.6) is 0 Å². The van der Waals surface area contributed by atoms with Crippen molar-refractivity contribution in [3.8, 4) is 0 Å². The summed E-state index contributed by atoms with van der Waals surface area (Å²) in [5.74, 6) is 0. The van der Waals surface area contributed by atoms with Crippen molar-refractivity contribution >= 4 is 0 Å². The molecule has 0 amide bonds. The lowest BCUT2D eigenvalue weighted by Crippen LogP contribution is -2.41. The van der Waals surface area contributed by atoms with Crippen LogP contribution in [0.3, 0.4) is 0 Å². The molecular formula is C15H31NO3. The van der Waals surface area contributed by atoms with E-state index in [1.807, 2.05) is 0 Å². The van der Waals surface area contributed by atoms with E-state index in [0.29, 0.717) is 13.2 Å². The molecular weight excluding hydrogens is 242 g/mol. The van der Waals surface area contributed by atoms with Crippen molar-refractivity contribution in [1.82, 2.24) is 5.32 Å². The molecule has 1 atom stereocenters. The van der Waals surface area contributed by atoms with Crippen molar-refractivity contribution in [2.45, 2.75) is 69.9 Å². The SMILES string of the molecule is CCCCCCCCOCC(O)CNC1(CO)CC1. The van der Waals surface area contributed by atoms with Gasteiger partial charge in [-0.15, -0.1) is 0 Å². The molecule has 1 aliphatic rings. The fourth-order valence-corrected chi connectivity index (χ4v) is 2.14. The highest BCUT2D eigenvalue weighted by atomic mass is 16.5. The van der Waals surface area contributed by atoms with Crippen LogP contribution in [0.4, 0.5) is 0 Å². The Labute approximate surface area is 117 Å². The van der Waals surface area contributed by atoms with E-state index in [9.17, 15) is 5.11 Å². The van der Waals surface area contributed by atoms with E-state index in [0.717, 1.165) is 25.9 Å². The van der Waals surface area contributed by atoms with Crippen molar-refractivity contribution in [1.29, 1.82) is 0 Å². The van der Waals surface area contributed by atoms with Crippen LogP contribution in [0, 0.1) is 0 Å². The second-order valence-corrected chi connectivity index (χ2v) is 5.82. The van der Waals surface area contributed by atoms with Crippen molar-refractivity contribution < 1.29 is 14.9 Å². The predicted molar refractivity (Wildman–Crippen MR) is 77.3 cm³/mol. The summed E-state index contributed by atoms with van der Waals surface area (Å²) in [5.41, 5.74) is -0.0970. The highest BCUT2D eigenvalue weighted by molar-refractivity contribution is 5.01. The maximum Gasteiger partial charge on any atom is 0.0897 e. The molecule has 0 saturated heterocycles. The van der Waals surface area contributed by atoms with E-state index in [4.69, 9.17) is 9.84 Å². The number of hydrogen-bond acceptors (Lipinski definition) is 4. The van der Waals surface area contributed by atoms with Gasteiger partial charge in [-0.1, -0.05) is 39.0 Å². The van der Waals surface area contributed by atoms with Gasteiger partial charge in [-0.3, -0.25) is 0 Å². The van der Waals surface area contributed by atoms with E-state index in [2.05, 4.69) is 12.2 Å². The van der Waals surface area contributed by atoms with Gasteiger partial charge in [0.1, 0.15) is 0 Å². The molecule has 0 aromatic rings. The monoisotopic (exact) mass is 273 g/mol. The van der Waals surface area contributed by atoms with E-state index >= 15 is 0 Å². The number of aliphatic hydroxyl groups is 2. The Morgan fingerprint density at radius 3 is 2.47 bits per heavy atom. The van der Waals surface area contributed by atoms with Gasteiger partial charge in [0.15, 0.2) is 0 Å². The van der Waals surface area contributed by atoms with Gasteiger partial charge in [-0.2, -0.15) is 0 Å². The van der Waals surface area contributed by atoms with Gasteiger partial charge in [0.25, 0.3) is 0 Å². The molecule has 4 nitrogen and oxygen atoms in total. The summed E-state index contributed by atoms with van der Waals surface area (Å²) >= 11 is 0. The van der Waals surface area contributed by atoms with Crippen molar-refractivity contribution in [2.24, 2.45) is 0 Å². The molecule has 114 valence electrons. The predicted octanol–water partition coefficient (Wildman–Crippen LogP) is 1.84. The largest absolute Gasteiger partial charge is 0.394 e. The molecule has 0 aliphatic heterocycles. The van der Waals surface area contributed by atoms with Gasteiger partial charge in [0.2, 0.25) is 0 Å². The molecule has 0 radical (unpaired) electrons. The van der Waals surface area contributed by atoms with Gasteiger partial charge in [0, 0.05) is 18.7 Å². The van der Waals surface area contributed by atoms with E-state index in [-0.39, 0.29) is 12.1 Å². The number of unbranched alkanes of at least 4 members (excludes halogenated alkanes) is 5. The van der Waals surface area contributed by atoms with Crippen LogP contribution in [-0.2, 0) is 4.74 Å². The molecule has 3 N–H and O–H groups in total. The zero-order valence-electron chi connectivity index (χ0n) is 12.4. The van der Waals surface area contributed by atoms with Crippen molar-refractivity contribution in [2.75, 3.05) is 26.4 Å². The molecule has 1 aliphatic carbocycles. The minimum atomic E-state index is -0.468. The number of nitrogens with one attached hydrogen (secondary N) is 1. The Morgan fingerprint density at radius 1 is 1.16 bits per heavy atom. The van der Waals surface area contributed by atoms with Crippen LogP contribution in [0.25, 0.3) is 0 Å². The van der Waals surface area contributed by atoms with Crippen LogP contribution in [-0.4, -0.2) is 48.2 Å². The molecule has 19 heavy (non-hydrogen) atoms. The van der Waals surface area contributed by atoms with Crippen molar-refractivity contribution in [3.63, 3.8) is 0 Å². The summed E-state index contributed by atoms with van der Waals surface area (Å²) in [4.78, 5) is 0. The summed E-state index contributed by atoms with van der Waals surface area (Å²) in [6.45, 7) is 4.04. The molecule has 1 fully saturated rings. The molecule has 0 heterocycles. The van der Waals surface area contributed by atoms with Crippen molar-refractivity contribution in [3.05, 3.63) is 0 Å². The smallest absolute Gasteiger partial charge is 0.0897 e. The standard InChI is InChI=1S/C15H31NO3/c1-2-3-4-5-6-7-10-19-12-14(18)11-16-15(13-17)8-9-15/h14,16-18H,2-13H2,1H3. The average Bonchev–Trinajstić information content (AvgIpc) is 3.20. The zero-order chi connectivity index (χ0) is 14.0. The molecule has 1 unspecified atom stereocenters. The Morgan fingerprint density at radius 2 is 1.84 bits per heavy atom. The van der Waals surface area contributed by atoms with Gasteiger partial charge in [-0.05, 0) is 19.3 Å². The molecule has 1 saturated carbocycles. The lowest BCUT2D eigenvalue weighted by molar-refractivity contribution is 0.0322. The molecule has 0 bridgehead atoms. The highest BCUT2D eigenvalue weighted by Crippen LogP contribution is 2.34. The Bertz CT molecular complexity index is 219. The summed E-state index contributed by atoms with van der Waals surface area (Å²) in [6, 6.07) is 0. The first kappa shape index (κ1) is 16.9. The van der Waals surface area contributed by atoms with Gasteiger partial charge >= 0.3 is 0 Å². The molecule has 4 heteroatoms. The van der Waals surface area contributed by atoms with E-state index < -0.39 is 6.10 Å². The second-order valence-electron chi connectivity index (χ2n) is 5.82. The van der Waals surface area contributed by atoms with Crippen LogP contribution in [0.2, 0.25) is 0 Å². The van der Waals surface area contributed by atoms with Crippen LogP contribution in [0.15, 0.2) is 0 Å².